The van der Waals surface area contributed by atoms with Gasteiger partial charge in [-0.1, -0.05) is 0 Å². The second kappa shape index (κ2) is 8.20. The molecule has 0 bridgehead atoms. The van der Waals surface area contributed by atoms with Crippen molar-refractivity contribution in [2.24, 2.45) is 0 Å². The van der Waals surface area contributed by atoms with Crippen LogP contribution >= 0.6 is 15.9 Å². The van der Waals surface area contributed by atoms with Crippen molar-refractivity contribution in [1.29, 1.82) is 0 Å². The highest BCUT2D eigenvalue weighted by atomic mass is 79.9. The number of aromatic nitrogens is 1. The molecule has 0 spiro atoms. The Morgan fingerprint density at radius 3 is 2.64 bits per heavy atom. The van der Waals surface area contributed by atoms with Gasteiger partial charge in [-0.25, -0.2) is 4.79 Å². The zero-order valence-corrected chi connectivity index (χ0v) is 16.3. The van der Waals surface area contributed by atoms with Crippen LogP contribution in [0.2, 0.25) is 0 Å². The average molecular weight is 408 g/mol. The number of methoxy groups -OCH3 is 1. The Hall–Kier alpha value is -2.28. The summed E-state index contributed by atoms with van der Waals surface area (Å²) in [6.07, 6.45) is 3.00. The first-order valence-corrected chi connectivity index (χ1v) is 8.57. The van der Waals surface area contributed by atoms with Crippen LogP contribution in [0.3, 0.4) is 0 Å². The first-order valence-electron chi connectivity index (χ1n) is 7.78. The minimum absolute atomic E-state index is 0.529. The van der Waals surface area contributed by atoms with Crippen LogP contribution in [0, 0.1) is 0 Å². The number of nitrogens with zero attached hydrogens (tertiary/aromatic N) is 1. The highest BCUT2D eigenvalue weighted by Crippen LogP contribution is 2.28. The van der Waals surface area contributed by atoms with Gasteiger partial charge >= 0.3 is 6.09 Å². The molecule has 1 heterocycles. The van der Waals surface area contributed by atoms with E-state index in [9.17, 15) is 4.79 Å². The van der Waals surface area contributed by atoms with Crippen molar-refractivity contribution >= 4 is 33.4 Å². The third kappa shape index (κ3) is 6.26. The number of ether oxygens (including phenoxy) is 2. The van der Waals surface area contributed by atoms with E-state index in [-0.39, 0.29) is 0 Å². The smallest absolute Gasteiger partial charge is 0.412 e. The maximum absolute atomic E-state index is 12.0. The molecule has 1 amide bonds. The summed E-state index contributed by atoms with van der Waals surface area (Å²) in [5, 5.41) is 6.01. The van der Waals surface area contributed by atoms with Gasteiger partial charge in [0.1, 0.15) is 11.4 Å². The number of carbonyl (C=O) groups excluding carboxylic acids is 1. The molecule has 0 saturated carbocycles. The van der Waals surface area contributed by atoms with Gasteiger partial charge in [0, 0.05) is 29.1 Å². The molecule has 0 atom stereocenters. The van der Waals surface area contributed by atoms with Gasteiger partial charge in [-0.15, -0.1) is 0 Å². The Morgan fingerprint density at radius 1 is 1.24 bits per heavy atom. The van der Waals surface area contributed by atoms with Gasteiger partial charge in [-0.2, -0.15) is 0 Å². The van der Waals surface area contributed by atoms with E-state index in [0.29, 0.717) is 18.0 Å². The Labute approximate surface area is 156 Å². The second-order valence-electron chi connectivity index (χ2n) is 6.41. The normalized spacial score (nSPS) is 10.9. The largest absolute Gasteiger partial charge is 0.495 e. The van der Waals surface area contributed by atoms with Crippen LogP contribution in [0.5, 0.6) is 5.75 Å². The third-order valence-corrected chi connectivity index (χ3v) is 3.53. The average Bonchev–Trinajstić information content (AvgIpc) is 2.51. The van der Waals surface area contributed by atoms with Gasteiger partial charge in [-0.3, -0.25) is 10.3 Å². The fraction of sp³-hybridized carbons (Fsp3) is 0.333. The SMILES string of the molecule is COc1ccc(NCc2cncc(Br)c2)cc1NC(=O)OC(C)(C)C. The molecule has 0 aliphatic rings. The minimum atomic E-state index is -0.569. The maximum Gasteiger partial charge on any atom is 0.412 e. The van der Waals surface area contributed by atoms with Gasteiger partial charge < -0.3 is 14.8 Å². The predicted molar refractivity (Wildman–Crippen MR) is 102 cm³/mol. The van der Waals surface area contributed by atoms with E-state index in [2.05, 4.69) is 31.5 Å². The first kappa shape index (κ1) is 19.1. The number of amides is 1. The highest BCUT2D eigenvalue weighted by molar-refractivity contribution is 9.10. The van der Waals surface area contributed by atoms with Gasteiger partial charge in [0.25, 0.3) is 0 Å². The number of rotatable bonds is 5. The van der Waals surface area contributed by atoms with Crippen molar-refractivity contribution in [2.75, 3.05) is 17.7 Å². The Bertz CT molecular complexity index is 745. The number of carbonyl (C=O) groups is 1. The van der Waals surface area contributed by atoms with Gasteiger partial charge in [-0.05, 0) is 66.5 Å². The molecule has 1 aromatic heterocycles. The van der Waals surface area contributed by atoms with E-state index < -0.39 is 11.7 Å². The van der Waals surface area contributed by atoms with Gasteiger partial charge in [0.15, 0.2) is 0 Å². The zero-order chi connectivity index (χ0) is 18.4. The summed E-state index contributed by atoms with van der Waals surface area (Å²) in [6, 6.07) is 7.45. The van der Waals surface area contributed by atoms with Crippen molar-refractivity contribution in [3.05, 3.63) is 46.7 Å². The second-order valence-corrected chi connectivity index (χ2v) is 7.32. The van der Waals surface area contributed by atoms with E-state index in [1.165, 1.54) is 0 Å². The quantitative estimate of drug-likeness (QED) is 0.743. The molecule has 25 heavy (non-hydrogen) atoms. The molecule has 0 aliphatic heterocycles. The number of hydrogen-bond acceptors (Lipinski definition) is 5. The fourth-order valence-electron chi connectivity index (χ4n) is 2.09. The molecule has 0 radical (unpaired) electrons. The highest BCUT2D eigenvalue weighted by Gasteiger charge is 2.17. The molecule has 2 aromatic rings. The monoisotopic (exact) mass is 407 g/mol. The number of pyridine rings is 1. The number of hydrogen-bond donors (Lipinski definition) is 2. The number of benzene rings is 1. The van der Waals surface area contributed by atoms with Crippen LogP contribution in [-0.2, 0) is 11.3 Å². The summed E-state index contributed by atoms with van der Waals surface area (Å²) < 4.78 is 11.5. The molecule has 2 N–H and O–H groups in total. The van der Waals surface area contributed by atoms with E-state index in [0.717, 1.165) is 15.7 Å². The number of nitrogens with one attached hydrogen (secondary N) is 2. The van der Waals surface area contributed by atoms with Crippen LogP contribution < -0.4 is 15.4 Å². The first-order chi connectivity index (χ1) is 11.8. The molecule has 134 valence electrons. The lowest BCUT2D eigenvalue weighted by atomic mass is 10.2. The maximum atomic E-state index is 12.0. The molecule has 2 rings (SSSR count). The lowest BCUT2D eigenvalue weighted by Gasteiger charge is -2.20. The van der Waals surface area contributed by atoms with E-state index in [4.69, 9.17) is 9.47 Å². The van der Waals surface area contributed by atoms with E-state index in [1.54, 1.807) is 31.6 Å². The summed E-state index contributed by atoms with van der Waals surface area (Å²) in [5.41, 5.74) is 1.84. The molecule has 6 nitrogen and oxygen atoms in total. The third-order valence-electron chi connectivity index (χ3n) is 3.09. The fourth-order valence-corrected chi connectivity index (χ4v) is 2.50. The molecule has 0 unspecified atom stereocenters. The summed E-state index contributed by atoms with van der Waals surface area (Å²) in [7, 11) is 1.55. The molecule has 0 aliphatic carbocycles. The van der Waals surface area contributed by atoms with Crippen molar-refractivity contribution in [1.82, 2.24) is 4.98 Å². The summed E-state index contributed by atoms with van der Waals surface area (Å²) in [4.78, 5) is 16.1. The van der Waals surface area contributed by atoms with Crippen LogP contribution in [0.4, 0.5) is 16.2 Å². The van der Waals surface area contributed by atoms with Crippen molar-refractivity contribution in [3.63, 3.8) is 0 Å². The number of halogens is 1. The lowest BCUT2D eigenvalue weighted by molar-refractivity contribution is 0.0635. The van der Waals surface area contributed by atoms with Crippen molar-refractivity contribution in [3.8, 4) is 5.75 Å². The van der Waals surface area contributed by atoms with Crippen molar-refractivity contribution < 1.29 is 14.3 Å². The number of anilines is 2. The molecule has 0 fully saturated rings. The Morgan fingerprint density at radius 2 is 2.00 bits per heavy atom. The van der Waals surface area contributed by atoms with Crippen molar-refractivity contribution in [2.45, 2.75) is 32.9 Å². The summed E-state index contributed by atoms with van der Waals surface area (Å²) >= 11 is 3.40. The van der Waals surface area contributed by atoms with E-state index >= 15 is 0 Å². The van der Waals surface area contributed by atoms with Gasteiger partial charge in [0.05, 0.1) is 12.8 Å². The van der Waals surface area contributed by atoms with Crippen LogP contribution in [0.25, 0.3) is 0 Å². The minimum Gasteiger partial charge on any atom is -0.495 e. The Kier molecular flexibility index (Phi) is 6.25. The summed E-state index contributed by atoms with van der Waals surface area (Å²) in [5.74, 6) is 0.556. The van der Waals surface area contributed by atoms with Crippen LogP contribution in [0.1, 0.15) is 26.3 Å². The van der Waals surface area contributed by atoms with Crippen LogP contribution in [0.15, 0.2) is 41.1 Å². The molecule has 0 saturated heterocycles. The Balaban J connectivity index is 2.09. The molecular weight excluding hydrogens is 386 g/mol. The van der Waals surface area contributed by atoms with Crippen LogP contribution in [-0.4, -0.2) is 23.8 Å². The summed E-state index contributed by atoms with van der Waals surface area (Å²) in [6.45, 7) is 6.04. The predicted octanol–water partition coefficient (Wildman–Crippen LogP) is 4.81. The molecule has 1 aromatic carbocycles. The molecular formula is C18H22BrN3O3. The van der Waals surface area contributed by atoms with E-state index in [1.807, 2.05) is 32.9 Å². The lowest BCUT2D eigenvalue weighted by Crippen LogP contribution is -2.27. The van der Waals surface area contributed by atoms with Gasteiger partial charge in [0.2, 0.25) is 0 Å². The molecule has 7 heteroatoms. The standard InChI is InChI=1S/C18H22BrN3O3/c1-18(2,3)25-17(23)22-15-8-14(5-6-16(15)24-4)21-10-12-7-13(19)11-20-9-12/h5-9,11,21H,10H2,1-4H3,(H,22,23). The zero-order valence-electron chi connectivity index (χ0n) is 14.7. The topological polar surface area (TPSA) is 72.5 Å².